The lowest BCUT2D eigenvalue weighted by Crippen LogP contribution is -2.31. The fourth-order valence-corrected chi connectivity index (χ4v) is 3.26. The molecule has 0 radical (unpaired) electrons. The number of rotatable bonds is 3. The Kier molecular flexibility index (Phi) is 4.89. The molecule has 1 saturated heterocycles. The number of benzene rings is 2. The van der Waals surface area contributed by atoms with E-state index in [4.69, 9.17) is 0 Å². The van der Waals surface area contributed by atoms with E-state index in [-0.39, 0.29) is 6.10 Å². The molecule has 1 aliphatic heterocycles. The fraction of sp³-hybridized carbons (Fsp3) is 0.474. The molecule has 2 nitrogen and oxygen atoms in total. The summed E-state index contributed by atoms with van der Waals surface area (Å²) in [6.45, 7) is 3.02. The van der Waals surface area contributed by atoms with Gasteiger partial charge in [0.2, 0.25) is 0 Å². The van der Waals surface area contributed by atoms with Crippen molar-refractivity contribution in [3.8, 4) is 0 Å². The molecule has 0 aromatic heterocycles. The van der Waals surface area contributed by atoms with Gasteiger partial charge in [0, 0.05) is 6.54 Å². The molecule has 1 heterocycles. The molecule has 1 N–H and O–H groups in total. The number of aliphatic hydroxyl groups excluding tert-OH is 1. The van der Waals surface area contributed by atoms with Crippen LogP contribution in [-0.2, 0) is 0 Å². The van der Waals surface area contributed by atoms with Crippen LogP contribution in [0.1, 0.15) is 43.8 Å². The first-order valence-corrected chi connectivity index (χ1v) is 8.22. The molecule has 2 aromatic carbocycles. The predicted octanol–water partition coefficient (Wildman–Crippen LogP) is 4.14. The lowest BCUT2D eigenvalue weighted by atomic mass is 10.0. The molecule has 0 saturated carbocycles. The Labute approximate surface area is 127 Å². The van der Waals surface area contributed by atoms with Gasteiger partial charge in [0.05, 0.1) is 6.10 Å². The minimum Gasteiger partial charge on any atom is -0.387 e. The average molecular weight is 283 g/mol. The van der Waals surface area contributed by atoms with E-state index in [9.17, 15) is 5.11 Å². The highest BCUT2D eigenvalue weighted by atomic mass is 16.3. The second-order valence-electron chi connectivity index (χ2n) is 6.19. The molecular weight excluding hydrogens is 258 g/mol. The summed E-state index contributed by atoms with van der Waals surface area (Å²) in [6.07, 6.45) is 6.20. The second kappa shape index (κ2) is 7.06. The minimum absolute atomic E-state index is 0.381. The van der Waals surface area contributed by atoms with Gasteiger partial charge in [0.15, 0.2) is 0 Å². The van der Waals surface area contributed by atoms with E-state index in [1.54, 1.807) is 0 Å². The molecule has 3 rings (SSSR count). The Balaban J connectivity index is 1.69. The largest absolute Gasteiger partial charge is 0.387 e. The monoisotopic (exact) mass is 283 g/mol. The summed E-state index contributed by atoms with van der Waals surface area (Å²) in [5.74, 6) is 0. The van der Waals surface area contributed by atoms with Crippen molar-refractivity contribution in [2.75, 3.05) is 19.6 Å². The molecule has 0 spiro atoms. The Morgan fingerprint density at radius 2 is 1.52 bits per heavy atom. The molecule has 21 heavy (non-hydrogen) atoms. The maximum absolute atomic E-state index is 10.6. The summed E-state index contributed by atoms with van der Waals surface area (Å²) in [5, 5.41) is 13.0. The molecule has 1 atom stereocenters. The normalized spacial score (nSPS) is 19.1. The van der Waals surface area contributed by atoms with Crippen molar-refractivity contribution in [2.24, 2.45) is 0 Å². The summed E-state index contributed by atoms with van der Waals surface area (Å²) < 4.78 is 0. The standard InChI is InChI=1S/C19H25NO/c21-19(15-20-12-6-2-1-3-7-13-20)18-11-10-16-8-4-5-9-17(16)14-18/h4-5,8-11,14,19,21H,1-3,6-7,12-13,15H2. The van der Waals surface area contributed by atoms with Crippen molar-refractivity contribution in [1.82, 2.24) is 4.90 Å². The van der Waals surface area contributed by atoms with E-state index in [0.29, 0.717) is 0 Å². The van der Waals surface area contributed by atoms with Crippen molar-refractivity contribution in [1.29, 1.82) is 0 Å². The summed E-state index contributed by atoms with van der Waals surface area (Å²) in [5.41, 5.74) is 1.04. The van der Waals surface area contributed by atoms with E-state index < -0.39 is 0 Å². The van der Waals surface area contributed by atoms with Crippen molar-refractivity contribution < 1.29 is 5.11 Å². The minimum atomic E-state index is -0.381. The molecule has 1 fully saturated rings. The molecule has 112 valence electrons. The van der Waals surface area contributed by atoms with Gasteiger partial charge in [-0.1, -0.05) is 55.7 Å². The van der Waals surface area contributed by atoms with Crippen LogP contribution >= 0.6 is 0 Å². The van der Waals surface area contributed by atoms with E-state index in [1.807, 2.05) is 0 Å². The Hall–Kier alpha value is -1.38. The number of aliphatic hydroxyl groups is 1. The summed E-state index contributed by atoms with van der Waals surface area (Å²) in [7, 11) is 0. The first-order chi connectivity index (χ1) is 10.3. The Morgan fingerprint density at radius 3 is 2.29 bits per heavy atom. The number of β-amino-alcohol motifs (C(OH)–C–C–N with tert-alkyl or cyclic N) is 1. The third-order valence-electron chi connectivity index (χ3n) is 4.54. The Morgan fingerprint density at radius 1 is 0.857 bits per heavy atom. The number of hydrogen-bond acceptors (Lipinski definition) is 2. The van der Waals surface area contributed by atoms with E-state index in [0.717, 1.165) is 25.2 Å². The van der Waals surface area contributed by atoms with Crippen LogP contribution in [0.5, 0.6) is 0 Å². The van der Waals surface area contributed by atoms with E-state index in [1.165, 1.54) is 42.9 Å². The second-order valence-corrected chi connectivity index (χ2v) is 6.19. The smallest absolute Gasteiger partial charge is 0.0917 e. The van der Waals surface area contributed by atoms with Gasteiger partial charge >= 0.3 is 0 Å². The zero-order valence-corrected chi connectivity index (χ0v) is 12.7. The van der Waals surface area contributed by atoms with Crippen LogP contribution in [0.4, 0.5) is 0 Å². The third-order valence-corrected chi connectivity index (χ3v) is 4.54. The van der Waals surface area contributed by atoms with Crippen molar-refractivity contribution in [2.45, 2.75) is 38.2 Å². The highest BCUT2D eigenvalue weighted by molar-refractivity contribution is 5.83. The zero-order chi connectivity index (χ0) is 14.5. The van der Waals surface area contributed by atoms with Crippen molar-refractivity contribution in [3.05, 3.63) is 48.0 Å². The molecule has 0 aliphatic carbocycles. The topological polar surface area (TPSA) is 23.5 Å². The van der Waals surface area contributed by atoms with Crippen LogP contribution in [0.15, 0.2) is 42.5 Å². The number of likely N-dealkylation sites (tertiary alicyclic amines) is 1. The fourth-order valence-electron chi connectivity index (χ4n) is 3.26. The maximum Gasteiger partial charge on any atom is 0.0917 e. The molecule has 0 bridgehead atoms. The summed E-state index contributed by atoms with van der Waals surface area (Å²) in [4.78, 5) is 2.43. The molecule has 2 aromatic rings. The van der Waals surface area contributed by atoms with Crippen molar-refractivity contribution >= 4 is 10.8 Å². The summed E-state index contributed by atoms with van der Waals surface area (Å²) in [6, 6.07) is 14.6. The van der Waals surface area contributed by atoms with Crippen LogP contribution in [0.25, 0.3) is 10.8 Å². The number of nitrogens with zero attached hydrogens (tertiary/aromatic N) is 1. The molecular formula is C19H25NO. The lowest BCUT2D eigenvalue weighted by Gasteiger charge is -2.27. The van der Waals surface area contributed by atoms with Gasteiger partial charge in [0.1, 0.15) is 0 Å². The summed E-state index contributed by atoms with van der Waals surface area (Å²) >= 11 is 0. The molecule has 1 aliphatic rings. The van der Waals surface area contributed by atoms with Gasteiger partial charge in [-0.2, -0.15) is 0 Å². The van der Waals surface area contributed by atoms with Gasteiger partial charge in [-0.3, -0.25) is 0 Å². The van der Waals surface area contributed by atoms with Gasteiger partial charge in [0.25, 0.3) is 0 Å². The van der Waals surface area contributed by atoms with Gasteiger partial charge in [-0.05, 0) is 48.3 Å². The van der Waals surface area contributed by atoms with Crippen LogP contribution in [-0.4, -0.2) is 29.6 Å². The van der Waals surface area contributed by atoms with Gasteiger partial charge in [-0.25, -0.2) is 0 Å². The van der Waals surface area contributed by atoms with Gasteiger partial charge in [-0.15, -0.1) is 0 Å². The third kappa shape index (κ3) is 3.84. The van der Waals surface area contributed by atoms with E-state index in [2.05, 4.69) is 47.4 Å². The maximum atomic E-state index is 10.6. The molecule has 2 heteroatoms. The Bertz CT molecular complexity index is 573. The quantitative estimate of drug-likeness (QED) is 0.915. The van der Waals surface area contributed by atoms with Crippen LogP contribution in [0.2, 0.25) is 0 Å². The number of hydrogen-bond donors (Lipinski definition) is 1. The highest BCUT2D eigenvalue weighted by Gasteiger charge is 2.14. The first kappa shape index (κ1) is 14.6. The van der Waals surface area contributed by atoms with Crippen LogP contribution in [0, 0.1) is 0 Å². The molecule has 1 unspecified atom stereocenters. The number of fused-ring (bicyclic) bond motifs is 1. The SMILES string of the molecule is OC(CN1CCCCCCC1)c1ccc2ccccc2c1. The predicted molar refractivity (Wildman–Crippen MR) is 88.4 cm³/mol. The average Bonchev–Trinajstić information content (AvgIpc) is 2.49. The van der Waals surface area contributed by atoms with E-state index >= 15 is 0 Å². The van der Waals surface area contributed by atoms with Crippen molar-refractivity contribution in [3.63, 3.8) is 0 Å². The first-order valence-electron chi connectivity index (χ1n) is 8.22. The van der Waals surface area contributed by atoms with Crippen LogP contribution < -0.4 is 0 Å². The highest BCUT2D eigenvalue weighted by Crippen LogP contribution is 2.22. The van der Waals surface area contributed by atoms with Gasteiger partial charge < -0.3 is 10.0 Å². The van der Waals surface area contributed by atoms with Crippen LogP contribution in [0.3, 0.4) is 0 Å². The zero-order valence-electron chi connectivity index (χ0n) is 12.7. The molecule has 0 amide bonds. The lowest BCUT2D eigenvalue weighted by molar-refractivity contribution is 0.108.